The van der Waals surface area contributed by atoms with Gasteiger partial charge < -0.3 is 4.74 Å². The first-order chi connectivity index (χ1) is 7.85. The predicted octanol–water partition coefficient (Wildman–Crippen LogP) is 2.70. The van der Waals surface area contributed by atoms with Crippen LogP contribution in [0.4, 0.5) is 0 Å². The molecule has 0 bridgehead atoms. The molecule has 0 N–H and O–H groups in total. The number of benzene rings is 1. The number of pyridine rings is 1. The number of hydrogen-bond acceptors (Lipinski definition) is 3. The number of rotatable bonds is 3. The second-order valence-corrected chi connectivity index (χ2v) is 3.51. The summed E-state index contributed by atoms with van der Waals surface area (Å²) < 4.78 is 5.23. The standard InChI is InChI=1S/C13H12N2O/c1-16-13-11(6-4-8-14)9-10-5-2-3-7-12(10)15-13/h2-3,5,7,9H,4,6H2,1H3. The number of aryl methyl sites for hydroxylation is 1. The van der Waals surface area contributed by atoms with Crippen LogP contribution in [0.5, 0.6) is 5.88 Å². The van der Waals surface area contributed by atoms with Crippen LogP contribution in [0.1, 0.15) is 12.0 Å². The molecule has 0 fully saturated rings. The van der Waals surface area contributed by atoms with Gasteiger partial charge in [0.25, 0.3) is 0 Å². The van der Waals surface area contributed by atoms with Crippen LogP contribution in [0.2, 0.25) is 0 Å². The van der Waals surface area contributed by atoms with Crippen LogP contribution < -0.4 is 4.74 Å². The molecule has 3 nitrogen and oxygen atoms in total. The molecular weight excluding hydrogens is 200 g/mol. The van der Waals surface area contributed by atoms with Crippen molar-refractivity contribution in [1.82, 2.24) is 4.98 Å². The largest absolute Gasteiger partial charge is 0.481 e. The minimum Gasteiger partial charge on any atom is -0.481 e. The van der Waals surface area contributed by atoms with Crippen molar-refractivity contribution in [2.75, 3.05) is 7.11 Å². The van der Waals surface area contributed by atoms with Crippen LogP contribution in [0.15, 0.2) is 30.3 Å². The van der Waals surface area contributed by atoms with Gasteiger partial charge in [0.1, 0.15) is 0 Å². The van der Waals surface area contributed by atoms with E-state index in [2.05, 4.69) is 11.1 Å². The summed E-state index contributed by atoms with van der Waals surface area (Å²) in [6, 6.07) is 12.1. The van der Waals surface area contributed by atoms with E-state index in [1.54, 1.807) is 7.11 Å². The fraction of sp³-hybridized carbons (Fsp3) is 0.231. The first kappa shape index (κ1) is 10.4. The van der Waals surface area contributed by atoms with Gasteiger partial charge in [0, 0.05) is 17.4 Å². The Morgan fingerprint density at radius 3 is 2.94 bits per heavy atom. The number of hydrogen-bond donors (Lipinski definition) is 0. The Kier molecular flexibility index (Phi) is 3.02. The molecule has 0 spiro atoms. The van der Waals surface area contributed by atoms with E-state index in [-0.39, 0.29) is 0 Å². The maximum absolute atomic E-state index is 8.59. The van der Waals surface area contributed by atoms with Crippen LogP contribution in [0.25, 0.3) is 10.9 Å². The average Bonchev–Trinajstić information content (AvgIpc) is 2.35. The summed E-state index contributed by atoms with van der Waals surface area (Å²) in [6.07, 6.45) is 1.16. The summed E-state index contributed by atoms with van der Waals surface area (Å²) in [5.74, 6) is 0.619. The van der Waals surface area contributed by atoms with E-state index in [0.29, 0.717) is 18.7 Å². The molecule has 3 heteroatoms. The molecule has 0 amide bonds. The molecule has 0 saturated heterocycles. The third kappa shape index (κ3) is 1.96. The van der Waals surface area contributed by atoms with E-state index < -0.39 is 0 Å². The lowest BCUT2D eigenvalue weighted by Gasteiger charge is -2.07. The molecule has 0 radical (unpaired) electrons. The number of ether oxygens (including phenoxy) is 1. The van der Waals surface area contributed by atoms with Crippen LogP contribution in [-0.4, -0.2) is 12.1 Å². The Labute approximate surface area is 94.3 Å². The number of nitrogens with zero attached hydrogens (tertiary/aromatic N) is 2. The Hall–Kier alpha value is -2.08. The maximum Gasteiger partial charge on any atom is 0.216 e. The van der Waals surface area contributed by atoms with E-state index in [1.807, 2.05) is 30.3 Å². The molecule has 0 atom stereocenters. The van der Waals surface area contributed by atoms with Crippen molar-refractivity contribution in [3.05, 3.63) is 35.9 Å². The minimum atomic E-state index is 0.483. The molecule has 1 aromatic heterocycles. The molecule has 80 valence electrons. The average molecular weight is 212 g/mol. The maximum atomic E-state index is 8.59. The molecule has 0 saturated carbocycles. The Morgan fingerprint density at radius 2 is 2.19 bits per heavy atom. The molecule has 0 unspecified atom stereocenters. The van der Waals surface area contributed by atoms with Gasteiger partial charge in [-0.3, -0.25) is 0 Å². The summed E-state index contributed by atoms with van der Waals surface area (Å²) in [5, 5.41) is 9.67. The van der Waals surface area contributed by atoms with Crippen LogP contribution >= 0.6 is 0 Å². The molecular formula is C13H12N2O. The zero-order valence-electron chi connectivity index (χ0n) is 9.10. The first-order valence-corrected chi connectivity index (χ1v) is 5.15. The first-order valence-electron chi connectivity index (χ1n) is 5.15. The summed E-state index contributed by atoms with van der Waals surface area (Å²) in [6.45, 7) is 0. The summed E-state index contributed by atoms with van der Waals surface area (Å²) >= 11 is 0. The van der Waals surface area contributed by atoms with Crippen molar-refractivity contribution in [2.45, 2.75) is 12.8 Å². The van der Waals surface area contributed by atoms with Crippen molar-refractivity contribution < 1.29 is 4.74 Å². The van der Waals surface area contributed by atoms with Crippen LogP contribution in [-0.2, 0) is 6.42 Å². The smallest absolute Gasteiger partial charge is 0.216 e. The van der Waals surface area contributed by atoms with Gasteiger partial charge in [-0.1, -0.05) is 18.2 Å². The third-order valence-corrected chi connectivity index (χ3v) is 2.46. The normalized spacial score (nSPS) is 10.0. The van der Waals surface area contributed by atoms with E-state index in [9.17, 15) is 0 Å². The van der Waals surface area contributed by atoms with Gasteiger partial charge in [-0.2, -0.15) is 5.26 Å². The SMILES string of the molecule is COc1nc2ccccc2cc1CCC#N. The van der Waals surface area contributed by atoms with E-state index >= 15 is 0 Å². The van der Waals surface area contributed by atoms with E-state index in [1.165, 1.54) is 0 Å². The summed E-state index contributed by atoms with van der Waals surface area (Å²) in [7, 11) is 1.60. The third-order valence-electron chi connectivity index (χ3n) is 2.46. The summed E-state index contributed by atoms with van der Waals surface area (Å²) in [5.41, 5.74) is 1.91. The second kappa shape index (κ2) is 4.63. The van der Waals surface area contributed by atoms with Gasteiger partial charge in [-0.05, 0) is 18.6 Å². The van der Waals surface area contributed by atoms with Crippen molar-refractivity contribution in [3.8, 4) is 11.9 Å². The Bertz CT molecular complexity index is 543. The van der Waals surface area contributed by atoms with Crippen LogP contribution in [0, 0.1) is 11.3 Å². The zero-order valence-corrected chi connectivity index (χ0v) is 9.10. The Morgan fingerprint density at radius 1 is 1.38 bits per heavy atom. The monoisotopic (exact) mass is 212 g/mol. The molecule has 2 rings (SSSR count). The zero-order chi connectivity index (χ0) is 11.4. The van der Waals surface area contributed by atoms with Gasteiger partial charge in [0.2, 0.25) is 5.88 Å². The molecule has 1 heterocycles. The van der Waals surface area contributed by atoms with Crippen molar-refractivity contribution in [1.29, 1.82) is 5.26 Å². The van der Waals surface area contributed by atoms with Crippen molar-refractivity contribution >= 4 is 10.9 Å². The van der Waals surface area contributed by atoms with Crippen molar-refractivity contribution in [2.24, 2.45) is 0 Å². The lowest BCUT2D eigenvalue weighted by molar-refractivity contribution is 0.394. The van der Waals surface area contributed by atoms with Crippen molar-refractivity contribution in [3.63, 3.8) is 0 Å². The molecule has 1 aromatic carbocycles. The number of methoxy groups -OCH3 is 1. The van der Waals surface area contributed by atoms with E-state index in [4.69, 9.17) is 10.00 Å². The number of aromatic nitrogens is 1. The van der Waals surface area contributed by atoms with E-state index in [0.717, 1.165) is 16.5 Å². The quantitative estimate of drug-likeness (QED) is 0.785. The molecule has 0 aliphatic heterocycles. The highest BCUT2D eigenvalue weighted by Crippen LogP contribution is 2.22. The summed E-state index contributed by atoms with van der Waals surface area (Å²) in [4.78, 5) is 4.41. The van der Waals surface area contributed by atoms with Gasteiger partial charge in [-0.25, -0.2) is 4.98 Å². The second-order valence-electron chi connectivity index (χ2n) is 3.51. The fourth-order valence-electron chi connectivity index (χ4n) is 1.69. The van der Waals surface area contributed by atoms with Gasteiger partial charge in [-0.15, -0.1) is 0 Å². The predicted molar refractivity (Wildman–Crippen MR) is 62.2 cm³/mol. The Balaban J connectivity index is 2.50. The molecule has 0 aliphatic carbocycles. The number of fused-ring (bicyclic) bond motifs is 1. The van der Waals surface area contributed by atoms with Gasteiger partial charge >= 0.3 is 0 Å². The molecule has 0 aliphatic rings. The van der Waals surface area contributed by atoms with Crippen LogP contribution in [0.3, 0.4) is 0 Å². The lowest BCUT2D eigenvalue weighted by Crippen LogP contribution is -1.95. The fourth-order valence-corrected chi connectivity index (χ4v) is 1.69. The highest BCUT2D eigenvalue weighted by atomic mass is 16.5. The van der Waals surface area contributed by atoms with Gasteiger partial charge in [0.15, 0.2) is 0 Å². The van der Waals surface area contributed by atoms with Gasteiger partial charge in [0.05, 0.1) is 18.7 Å². The minimum absolute atomic E-state index is 0.483. The number of para-hydroxylation sites is 1. The topological polar surface area (TPSA) is 45.9 Å². The highest BCUT2D eigenvalue weighted by Gasteiger charge is 2.06. The molecule has 2 aromatic rings. The number of nitriles is 1. The lowest BCUT2D eigenvalue weighted by atomic mass is 10.1. The molecule has 16 heavy (non-hydrogen) atoms. The highest BCUT2D eigenvalue weighted by molar-refractivity contribution is 5.80.